The number of carbonyl (C=O) groups excluding carboxylic acids is 1. The molecule has 162 valence electrons. The number of amides is 1. The zero-order valence-corrected chi connectivity index (χ0v) is 18.8. The molecular formula is C23H39N5O. The molecule has 3 N–H and O–H groups in total. The fourth-order valence-electron chi connectivity index (χ4n) is 3.91. The number of nitrogens with zero attached hydrogens (tertiary/aromatic N) is 2. The zero-order valence-electron chi connectivity index (χ0n) is 18.8. The van der Waals surface area contributed by atoms with E-state index in [0.29, 0.717) is 17.5 Å². The molecule has 0 spiro atoms. The lowest BCUT2D eigenvalue weighted by Gasteiger charge is -2.39. The molecule has 1 amide bonds. The predicted octanol–water partition coefficient (Wildman–Crippen LogP) is 2.51. The van der Waals surface area contributed by atoms with E-state index in [2.05, 4.69) is 52.7 Å². The Balaban J connectivity index is 1.81. The highest BCUT2D eigenvalue weighted by Gasteiger charge is 2.25. The summed E-state index contributed by atoms with van der Waals surface area (Å²) in [6.07, 6.45) is 3.43. The molecule has 6 heteroatoms. The predicted molar refractivity (Wildman–Crippen MR) is 121 cm³/mol. The van der Waals surface area contributed by atoms with E-state index in [9.17, 15) is 4.79 Å². The Kier molecular flexibility index (Phi) is 9.45. The second-order valence-corrected chi connectivity index (χ2v) is 8.44. The molecule has 1 aliphatic rings. The SMILES string of the molecule is CN=C(NCCc1cccc(C(=O)NC)c1)NCC(C(C)C)N1CCC(C)CC1. The van der Waals surface area contributed by atoms with Gasteiger partial charge in [0.05, 0.1) is 0 Å². The van der Waals surface area contributed by atoms with Crippen molar-refractivity contribution in [3.05, 3.63) is 35.4 Å². The number of rotatable bonds is 8. The van der Waals surface area contributed by atoms with Crippen LogP contribution < -0.4 is 16.0 Å². The molecule has 1 aromatic carbocycles. The number of likely N-dealkylation sites (tertiary alicyclic amines) is 1. The molecule has 0 radical (unpaired) electrons. The van der Waals surface area contributed by atoms with E-state index in [1.165, 1.54) is 25.9 Å². The summed E-state index contributed by atoms with van der Waals surface area (Å²) in [5.74, 6) is 2.23. The maximum absolute atomic E-state index is 11.8. The van der Waals surface area contributed by atoms with Crippen molar-refractivity contribution < 1.29 is 4.79 Å². The molecule has 1 atom stereocenters. The minimum atomic E-state index is -0.0517. The van der Waals surface area contributed by atoms with Gasteiger partial charge in [-0.3, -0.25) is 14.7 Å². The van der Waals surface area contributed by atoms with Crippen LogP contribution in [0.2, 0.25) is 0 Å². The Hall–Kier alpha value is -2.08. The lowest BCUT2D eigenvalue weighted by molar-refractivity contribution is 0.0963. The Labute approximate surface area is 176 Å². The van der Waals surface area contributed by atoms with Gasteiger partial charge < -0.3 is 16.0 Å². The van der Waals surface area contributed by atoms with Gasteiger partial charge in [0.1, 0.15) is 0 Å². The van der Waals surface area contributed by atoms with Crippen molar-refractivity contribution in [2.24, 2.45) is 16.8 Å². The number of carbonyl (C=O) groups is 1. The molecule has 1 saturated heterocycles. The number of hydrogen-bond acceptors (Lipinski definition) is 3. The average molecular weight is 402 g/mol. The van der Waals surface area contributed by atoms with Gasteiger partial charge in [0.2, 0.25) is 0 Å². The molecule has 0 bridgehead atoms. The number of benzene rings is 1. The van der Waals surface area contributed by atoms with Crippen LogP contribution in [0.1, 0.15) is 49.5 Å². The maximum atomic E-state index is 11.8. The lowest BCUT2D eigenvalue weighted by atomic mass is 9.94. The number of aliphatic imine (C=N–C) groups is 1. The Bertz CT molecular complexity index is 665. The highest BCUT2D eigenvalue weighted by atomic mass is 16.1. The molecule has 0 aromatic heterocycles. The fourth-order valence-corrected chi connectivity index (χ4v) is 3.91. The van der Waals surface area contributed by atoms with Gasteiger partial charge in [-0.25, -0.2) is 0 Å². The van der Waals surface area contributed by atoms with Crippen molar-refractivity contribution in [1.82, 2.24) is 20.9 Å². The van der Waals surface area contributed by atoms with Gasteiger partial charge in [-0.1, -0.05) is 32.9 Å². The van der Waals surface area contributed by atoms with E-state index < -0.39 is 0 Å². The third-order valence-corrected chi connectivity index (χ3v) is 5.88. The molecular weight excluding hydrogens is 362 g/mol. The molecule has 6 nitrogen and oxygen atoms in total. The smallest absolute Gasteiger partial charge is 0.251 e. The van der Waals surface area contributed by atoms with Gasteiger partial charge in [0, 0.05) is 38.8 Å². The number of hydrogen-bond donors (Lipinski definition) is 3. The quantitative estimate of drug-likeness (QED) is 0.462. The first kappa shape index (κ1) is 23.2. The second kappa shape index (κ2) is 11.8. The van der Waals surface area contributed by atoms with Crippen molar-refractivity contribution >= 4 is 11.9 Å². The molecule has 1 fully saturated rings. The van der Waals surface area contributed by atoms with E-state index >= 15 is 0 Å². The number of guanidine groups is 1. The fraction of sp³-hybridized carbons (Fsp3) is 0.652. The van der Waals surface area contributed by atoms with Gasteiger partial charge in [0.25, 0.3) is 5.91 Å². The third-order valence-electron chi connectivity index (χ3n) is 5.88. The normalized spacial score (nSPS) is 17.2. The standard InChI is InChI=1S/C23H39N5O/c1-17(2)21(28-13-10-18(3)11-14-28)16-27-23(25-5)26-12-9-19-7-6-8-20(15-19)22(29)24-4/h6-8,15,17-18,21H,9-14,16H2,1-5H3,(H,24,29)(H2,25,26,27). The van der Waals surface area contributed by atoms with E-state index in [1.807, 2.05) is 25.2 Å². The highest BCUT2D eigenvalue weighted by Crippen LogP contribution is 2.21. The average Bonchev–Trinajstić information content (AvgIpc) is 2.73. The Morgan fingerprint density at radius 1 is 1.24 bits per heavy atom. The Morgan fingerprint density at radius 2 is 1.97 bits per heavy atom. The molecule has 2 rings (SSSR count). The molecule has 1 aromatic rings. The molecule has 0 aliphatic carbocycles. The summed E-state index contributed by atoms with van der Waals surface area (Å²) in [7, 11) is 3.47. The van der Waals surface area contributed by atoms with Gasteiger partial charge in [-0.2, -0.15) is 0 Å². The van der Waals surface area contributed by atoms with Crippen LogP contribution in [0, 0.1) is 11.8 Å². The van der Waals surface area contributed by atoms with Crippen LogP contribution in [0.5, 0.6) is 0 Å². The van der Waals surface area contributed by atoms with Crippen LogP contribution in [-0.4, -0.2) is 63.1 Å². The van der Waals surface area contributed by atoms with Crippen molar-refractivity contribution in [1.29, 1.82) is 0 Å². The summed E-state index contributed by atoms with van der Waals surface area (Å²) in [6.45, 7) is 11.0. The zero-order chi connectivity index (χ0) is 21.2. The van der Waals surface area contributed by atoms with E-state index in [4.69, 9.17) is 0 Å². The molecule has 29 heavy (non-hydrogen) atoms. The van der Waals surface area contributed by atoms with E-state index in [-0.39, 0.29) is 5.91 Å². The summed E-state index contributed by atoms with van der Waals surface area (Å²) in [6, 6.07) is 8.29. The first-order chi connectivity index (χ1) is 13.9. The van der Waals surface area contributed by atoms with Gasteiger partial charge in [0.15, 0.2) is 5.96 Å². The molecule has 1 heterocycles. The van der Waals surface area contributed by atoms with Gasteiger partial charge in [-0.15, -0.1) is 0 Å². The van der Waals surface area contributed by atoms with Crippen LogP contribution in [0.3, 0.4) is 0 Å². The van der Waals surface area contributed by atoms with Crippen molar-refractivity contribution in [3.8, 4) is 0 Å². The third kappa shape index (κ3) is 7.35. The van der Waals surface area contributed by atoms with Crippen LogP contribution in [0.4, 0.5) is 0 Å². The molecule has 1 aliphatic heterocycles. The summed E-state index contributed by atoms with van der Waals surface area (Å²) in [4.78, 5) is 18.8. The summed E-state index contributed by atoms with van der Waals surface area (Å²) in [5, 5.41) is 9.59. The molecule has 0 saturated carbocycles. The topological polar surface area (TPSA) is 68.8 Å². The van der Waals surface area contributed by atoms with Crippen LogP contribution >= 0.6 is 0 Å². The molecule has 1 unspecified atom stereocenters. The van der Waals surface area contributed by atoms with Crippen LogP contribution in [0.25, 0.3) is 0 Å². The largest absolute Gasteiger partial charge is 0.356 e. The monoisotopic (exact) mass is 401 g/mol. The minimum absolute atomic E-state index is 0.0517. The number of piperidine rings is 1. The van der Waals surface area contributed by atoms with Gasteiger partial charge >= 0.3 is 0 Å². The van der Waals surface area contributed by atoms with Crippen LogP contribution in [-0.2, 0) is 6.42 Å². The maximum Gasteiger partial charge on any atom is 0.251 e. The lowest BCUT2D eigenvalue weighted by Crippen LogP contribution is -2.51. The van der Waals surface area contributed by atoms with Gasteiger partial charge in [-0.05, 0) is 61.9 Å². The summed E-state index contributed by atoms with van der Waals surface area (Å²) in [5.41, 5.74) is 1.83. The minimum Gasteiger partial charge on any atom is -0.356 e. The number of nitrogens with one attached hydrogen (secondary N) is 3. The highest BCUT2D eigenvalue weighted by molar-refractivity contribution is 5.94. The van der Waals surface area contributed by atoms with Crippen molar-refractivity contribution in [2.75, 3.05) is 40.3 Å². The van der Waals surface area contributed by atoms with Crippen LogP contribution in [0.15, 0.2) is 29.3 Å². The van der Waals surface area contributed by atoms with Crippen molar-refractivity contribution in [3.63, 3.8) is 0 Å². The van der Waals surface area contributed by atoms with E-state index in [0.717, 1.165) is 37.0 Å². The first-order valence-corrected chi connectivity index (χ1v) is 10.9. The Morgan fingerprint density at radius 3 is 2.59 bits per heavy atom. The van der Waals surface area contributed by atoms with Crippen molar-refractivity contribution in [2.45, 2.75) is 46.1 Å². The van der Waals surface area contributed by atoms with E-state index in [1.54, 1.807) is 7.05 Å². The second-order valence-electron chi connectivity index (χ2n) is 8.44. The summed E-state index contributed by atoms with van der Waals surface area (Å²) >= 11 is 0. The first-order valence-electron chi connectivity index (χ1n) is 10.9. The summed E-state index contributed by atoms with van der Waals surface area (Å²) < 4.78 is 0.